The smallest absolute Gasteiger partial charge is 0.335 e. The number of carbonyl (C=O) groups excluding carboxylic acids is 3. The molecule has 83 heavy (non-hydrogen) atoms. The lowest BCUT2D eigenvalue weighted by Crippen LogP contribution is -2.61. The molecule has 12 nitrogen and oxygen atoms in total. The van der Waals surface area contributed by atoms with Gasteiger partial charge in [-0.3, -0.25) is 14.4 Å². The van der Waals surface area contributed by atoms with E-state index in [4.69, 9.17) is 23.7 Å². The minimum absolute atomic E-state index is 0.0235. The molecule has 1 aliphatic rings. The lowest BCUT2D eigenvalue weighted by atomic mass is 9.98. The summed E-state index contributed by atoms with van der Waals surface area (Å²) in [6, 6.07) is 0. The third kappa shape index (κ3) is 47.3. The molecule has 0 spiro atoms. The van der Waals surface area contributed by atoms with Crippen molar-refractivity contribution < 1.29 is 58.2 Å². The summed E-state index contributed by atoms with van der Waals surface area (Å²) in [6.07, 6.45) is 66.2. The molecule has 0 aromatic heterocycles. The van der Waals surface area contributed by atoms with E-state index in [-0.39, 0.29) is 25.9 Å². The van der Waals surface area contributed by atoms with Gasteiger partial charge < -0.3 is 39.0 Å². The van der Waals surface area contributed by atoms with E-state index >= 15 is 0 Å². The van der Waals surface area contributed by atoms with Gasteiger partial charge >= 0.3 is 23.9 Å². The van der Waals surface area contributed by atoms with Crippen molar-refractivity contribution in [3.05, 3.63) is 109 Å². The molecule has 1 saturated heterocycles. The summed E-state index contributed by atoms with van der Waals surface area (Å²) in [5.41, 5.74) is 0. The van der Waals surface area contributed by atoms with E-state index < -0.39 is 67.3 Å². The Morgan fingerprint density at radius 2 is 0.771 bits per heavy atom. The van der Waals surface area contributed by atoms with Gasteiger partial charge in [0.1, 0.15) is 18.8 Å². The van der Waals surface area contributed by atoms with Crippen molar-refractivity contribution in [3.8, 4) is 0 Å². The maximum Gasteiger partial charge on any atom is 0.335 e. The van der Waals surface area contributed by atoms with Gasteiger partial charge in [0.2, 0.25) is 0 Å². The highest BCUT2D eigenvalue weighted by Crippen LogP contribution is 2.26. The number of allylic oxidation sites excluding steroid dienone is 18. The first-order chi connectivity index (χ1) is 40.6. The Morgan fingerprint density at radius 1 is 0.410 bits per heavy atom. The SMILES string of the molecule is CC/C=C\C/C=C\C/C=C\C/C=C\C/C=C\CCCC(=O)OC1C(OCC(COC(=O)CCCCCCCCCCC/C=C\C/C=C\CCCCC)OC(=O)CCCCCCCCC/C=C\C/C=C\CCCCC)OC(C(=O)O)C(O)C1O. The van der Waals surface area contributed by atoms with Crippen LogP contribution in [0.1, 0.15) is 265 Å². The predicted octanol–water partition coefficient (Wildman–Crippen LogP) is 17.8. The molecule has 6 unspecified atom stereocenters. The first-order valence-electron chi connectivity index (χ1n) is 32.9. The number of carboxylic acids is 1. The highest BCUT2D eigenvalue weighted by Gasteiger charge is 2.50. The average molecular weight is 1160 g/mol. The zero-order chi connectivity index (χ0) is 60.3. The number of aliphatic hydroxyl groups is 2. The number of esters is 3. The number of rotatable bonds is 55. The molecule has 6 atom stereocenters. The van der Waals surface area contributed by atoms with Crippen molar-refractivity contribution >= 4 is 23.9 Å². The number of unbranched alkanes of at least 4 members (excludes halogenated alkanes) is 23. The summed E-state index contributed by atoms with van der Waals surface area (Å²) in [5.74, 6) is -3.21. The number of ether oxygens (including phenoxy) is 5. The fraction of sp³-hybridized carbons (Fsp3) is 0.690. The van der Waals surface area contributed by atoms with Crippen LogP contribution in [-0.4, -0.2) is 89.2 Å². The monoisotopic (exact) mass is 1160 g/mol. The van der Waals surface area contributed by atoms with Crippen LogP contribution in [0.3, 0.4) is 0 Å². The van der Waals surface area contributed by atoms with Gasteiger partial charge in [0, 0.05) is 19.3 Å². The molecular formula is C71H116O12. The quantitative estimate of drug-likeness (QED) is 0.0228. The fourth-order valence-corrected chi connectivity index (χ4v) is 9.29. The molecule has 0 amide bonds. The second kappa shape index (κ2) is 57.8. The molecule has 0 bridgehead atoms. The second-order valence-electron chi connectivity index (χ2n) is 22.0. The lowest BCUT2D eigenvalue weighted by molar-refractivity contribution is -0.301. The fourth-order valence-electron chi connectivity index (χ4n) is 9.29. The number of hydrogen-bond donors (Lipinski definition) is 3. The largest absolute Gasteiger partial charge is 0.479 e. The summed E-state index contributed by atoms with van der Waals surface area (Å²) in [4.78, 5) is 51.4. The topological polar surface area (TPSA) is 175 Å². The maximum atomic E-state index is 13.2. The number of carbonyl (C=O) groups is 4. The van der Waals surface area contributed by atoms with Crippen LogP contribution in [0.4, 0.5) is 0 Å². The summed E-state index contributed by atoms with van der Waals surface area (Å²) in [5, 5.41) is 31.6. The molecule has 1 heterocycles. The maximum absolute atomic E-state index is 13.2. The van der Waals surface area contributed by atoms with E-state index in [1.54, 1.807) is 0 Å². The van der Waals surface area contributed by atoms with Crippen LogP contribution in [0.2, 0.25) is 0 Å². The van der Waals surface area contributed by atoms with Crippen molar-refractivity contribution in [2.75, 3.05) is 13.2 Å². The number of aliphatic carboxylic acids is 1. The van der Waals surface area contributed by atoms with Gasteiger partial charge in [-0.05, 0) is 122 Å². The third-order valence-corrected chi connectivity index (χ3v) is 14.3. The highest BCUT2D eigenvalue weighted by atomic mass is 16.7. The molecule has 1 aliphatic heterocycles. The first-order valence-corrected chi connectivity index (χ1v) is 32.9. The Kier molecular flexibility index (Phi) is 53.2. The van der Waals surface area contributed by atoms with Gasteiger partial charge in [-0.15, -0.1) is 0 Å². The van der Waals surface area contributed by atoms with Crippen LogP contribution in [0.25, 0.3) is 0 Å². The molecule has 0 radical (unpaired) electrons. The Hall–Kier alpha value is -4.62. The van der Waals surface area contributed by atoms with Gasteiger partial charge in [-0.1, -0.05) is 233 Å². The molecule has 0 aromatic carbocycles. The lowest BCUT2D eigenvalue weighted by Gasteiger charge is -2.40. The van der Waals surface area contributed by atoms with Crippen LogP contribution >= 0.6 is 0 Å². The van der Waals surface area contributed by atoms with Gasteiger partial charge in [0.15, 0.2) is 24.6 Å². The first kappa shape index (κ1) is 76.4. The average Bonchev–Trinajstić information content (AvgIpc) is 3.55. The number of aliphatic hydroxyl groups excluding tert-OH is 2. The van der Waals surface area contributed by atoms with Crippen molar-refractivity contribution in [1.82, 2.24) is 0 Å². The van der Waals surface area contributed by atoms with Crippen molar-refractivity contribution in [1.29, 1.82) is 0 Å². The van der Waals surface area contributed by atoms with E-state index in [0.29, 0.717) is 25.7 Å². The van der Waals surface area contributed by atoms with Gasteiger partial charge in [0.25, 0.3) is 0 Å². The Labute approximate surface area is 504 Å². The zero-order valence-electron chi connectivity index (χ0n) is 52.2. The van der Waals surface area contributed by atoms with E-state index in [0.717, 1.165) is 122 Å². The van der Waals surface area contributed by atoms with Crippen molar-refractivity contribution in [3.63, 3.8) is 0 Å². The van der Waals surface area contributed by atoms with Gasteiger partial charge in [-0.25, -0.2) is 4.79 Å². The molecule has 0 saturated carbocycles. The second-order valence-corrected chi connectivity index (χ2v) is 22.0. The van der Waals surface area contributed by atoms with Crippen LogP contribution in [0.15, 0.2) is 109 Å². The summed E-state index contributed by atoms with van der Waals surface area (Å²) < 4.78 is 28.5. The van der Waals surface area contributed by atoms with Crippen LogP contribution in [0, 0.1) is 0 Å². The molecule has 472 valence electrons. The van der Waals surface area contributed by atoms with E-state index in [1.165, 1.54) is 77.0 Å². The number of hydrogen-bond acceptors (Lipinski definition) is 11. The molecule has 1 fully saturated rings. The summed E-state index contributed by atoms with van der Waals surface area (Å²) >= 11 is 0. The minimum atomic E-state index is -1.93. The predicted molar refractivity (Wildman–Crippen MR) is 340 cm³/mol. The van der Waals surface area contributed by atoms with Crippen molar-refractivity contribution in [2.45, 2.75) is 302 Å². The van der Waals surface area contributed by atoms with Crippen LogP contribution in [-0.2, 0) is 42.9 Å². The highest BCUT2D eigenvalue weighted by molar-refractivity contribution is 5.74. The van der Waals surface area contributed by atoms with E-state index in [2.05, 4.69) is 118 Å². The van der Waals surface area contributed by atoms with Gasteiger partial charge in [0.05, 0.1) is 6.61 Å². The Bertz CT molecular complexity index is 1860. The van der Waals surface area contributed by atoms with Gasteiger partial charge in [-0.2, -0.15) is 0 Å². The molecule has 0 aliphatic carbocycles. The molecule has 0 aromatic rings. The van der Waals surface area contributed by atoms with E-state index in [1.807, 2.05) is 12.2 Å². The molecule has 1 rings (SSSR count). The molecule has 3 N–H and O–H groups in total. The third-order valence-electron chi connectivity index (χ3n) is 14.3. The summed E-state index contributed by atoms with van der Waals surface area (Å²) in [6.45, 7) is 5.82. The minimum Gasteiger partial charge on any atom is -0.479 e. The normalized spacial score (nSPS) is 18.3. The zero-order valence-corrected chi connectivity index (χ0v) is 52.2. The Balaban J connectivity index is 2.70. The Morgan fingerprint density at radius 3 is 1.19 bits per heavy atom. The van der Waals surface area contributed by atoms with Crippen molar-refractivity contribution in [2.24, 2.45) is 0 Å². The van der Waals surface area contributed by atoms with Crippen LogP contribution < -0.4 is 0 Å². The van der Waals surface area contributed by atoms with E-state index in [9.17, 15) is 34.5 Å². The molecule has 12 heteroatoms. The number of carboxylic acid groups (broad SMARTS) is 1. The van der Waals surface area contributed by atoms with Crippen LogP contribution in [0.5, 0.6) is 0 Å². The molecular weight excluding hydrogens is 1040 g/mol. The standard InChI is InChI=1S/C71H116O12/c1-4-7-10-13-16-19-22-25-28-31-32-35-36-39-42-45-48-51-54-57-63(72)79-60-62(81-64(73)58-55-52-49-46-43-40-37-33-29-26-23-20-17-14-11-8-5-2)61-80-71-69(67(76)66(75)68(83-71)70(77)78)82-65(74)59-56-53-50-47-44-41-38-34-30-27-24-21-18-15-12-9-6-3/h9,12,16-21,25-30,38,41,47,50,62,66-69,71,75-76H,4-8,10-11,13-15,22-24,31-37,39-40,42-46,48-49,51-61H2,1-3H3,(H,77,78)/b12-9-,19-16-,20-17-,21-18-,28-25-,29-26-,30-27-,41-38-,50-47-. The summed E-state index contributed by atoms with van der Waals surface area (Å²) in [7, 11) is 0.